The number of methoxy groups -OCH3 is 1. The van der Waals surface area contributed by atoms with Crippen LogP contribution in [0.2, 0.25) is 5.02 Å². The molecule has 0 spiro atoms. The fourth-order valence-corrected chi connectivity index (χ4v) is 4.31. The molecule has 0 atom stereocenters. The zero-order valence-electron chi connectivity index (χ0n) is 18.4. The van der Waals surface area contributed by atoms with Crippen molar-refractivity contribution in [1.82, 2.24) is 9.55 Å². The maximum atomic E-state index is 14.9. The van der Waals surface area contributed by atoms with Crippen molar-refractivity contribution < 1.29 is 13.5 Å². The summed E-state index contributed by atoms with van der Waals surface area (Å²) in [6.45, 7) is 5.80. The number of fused-ring (bicyclic) bond motifs is 1. The van der Waals surface area contributed by atoms with Gasteiger partial charge in [-0.15, -0.1) is 0 Å². The Labute approximate surface area is 193 Å². The number of nitrogens with zero attached hydrogens (tertiary/aromatic N) is 1. The molecule has 4 aromatic rings. The molecule has 0 amide bonds. The van der Waals surface area contributed by atoms with Crippen molar-refractivity contribution in [2.75, 3.05) is 7.11 Å². The number of aryl methyl sites for hydroxylation is 1. The number of rotatable bonds is 4. The predicted octanol–water partition coefficient (Wildman–Crippen LogP) is 5.72. The Balaban J connectivity index is 2.20. The Hall–Kier alpha value is -3.45. The van der Waals surface area contributed by atoms with E-state index in [0.29, 0.717) is 11.2 Å². The third kappa shape index (κ3) is 3.72. The molecule has 0 saturated heterocycles. The molecule has 0 aliphatic carbocycles. The van der Waals surface area contributed by atoms with Gasteiger partial charge in [0.15, 0.2) is 11.6 Å². The number of hydrogen-bond acceptors (Lipinski definition) is 3. The minimum absolute atomic E-state index is 0.0497. The fraction of sp³-hybridized carbons (Fsp3) is 0.200. The minimum Gasteiger partial charge on any atom is -0.496 e. The number of halogens is 3. The van der Waals surface area contributed by atoms with Crippen LogP contribution in [0, 0.1) is 18.6 Å². The quantitative estimate of drug-likeness (QED) is 0.388. The summed E-state index contributed by atoms with van der Waals surface area (Å²) in [5, 5.41) is 0.0556. The van der Waals surface area contributed by atoms with Gasteiger partial charge in [0.2, 0.25) is 0 Å². The van der Waals surface area contributed by atoms with Gasteiger partial charge in [-0.1, -0.05) is 43.6 Å². The van der Waals surface area contributed by atoms with Crippen molar-refractivity contribution in [3.63, 3.8) is 0 Å². The van der Waals surface area contributed by atoms with Gasteiger partial charge < -0.3 is 9.72 Å². The van der Waals surface area contributed by atoms with Crippen LogP contribution in [0.15, 0.2) is 52.1 Å². The van der Waals surface area contributed by atoms with E-state index in [1.807, 2.05) is 39.0 Å². The number of hydrogen-bond donors (Lipinski definition) is 1. The van der Waals surface area contributed by atoms with Crippen molar-refractivity contribution in [2.24, 2.45) is 0 Å². The highest BCUT2D eigenvalue weighted by Crippen LogP contribution is 2.40. The van der Waals surface area contributed by atoms with Gasteiger partial charge in [-0.3, -0.25) is 14.2 Å². The van der Waals surface area contributed by atoms with E-state index in [-0.39, 0.29) is 33.3 Å². The molecule has 0 bridgehead atoms. The molecule has 0 unspecified atom stereocenters. The maximum Gasteiger partial charge on any atom is 0.321 e. The van der Waals surface area contributed by atoms with E-state index in [4.69, 9.17) is 16.3 Å². The molecule has 0 saturated carbocycles. The van der Waals surface area contributed by atoms with E-state index in [2.05, 4.69) is 4.98 Å². The molecule has 1 aromatic heterocycles. The van der Waals surface area contributed by atoms with Crippen LogP contribution < -0.4 is 15.9 Å². The van der Waals surface area contributed by atoms with E-state index >= 15 is 0 Å². The van der Waals surface area contributed by atoms with E-state index in [1.54, 1.807) is 0 Å². The highest BCUT2D eigenvalue weighted by molar-refractivity contribution is 6.34. The van der Waals surface area contributed by atoms with Gasteiger partial charge in [-0.2, -0.15) is 0 Å². The molecule has 0 radical (unpaired) electrons. The highest BCUT2D eigenvalue weighted by Gasteiger charge is 2.22. The lowest BCUT2D eigenvalue weighted by Crippen LogP contribution is -2.36. The first-order valence-corrected chi connectivity index (χ1v) is 10.6. The number of aromatic amines is 1. The lowest BCUT2D eigenvalue weighted by molar-refractivity contribution is 0.409. The summed E-state index contributed by atoms with van der Waals surface area (Å²) in [4.78, 5) is 28.2. The average molecular weight is 471 g/mol. The Morgan fingerprint density at radius 1 is 1.09 bits per heavy atom. The second kappa shape index (κ2) is 8.48. The summed E-state index contributed by atoms with van der Waals surface area (Å²) >= 11 is 6.44. The average Bonchev–Trinajstić information content (AvgIpc) is 2.77. The summed E-state index contributed by atoms with van der Waals surface area (Å²) in [5.41, 5.74) is 1.10. The highest BCUT2D eigenvalue weighted by atomic mass is 35.5. The van der Waals surface area contributed by atoms with Crippen LogP contribution in [-0.4, -0.2) is 16.7 Å². The molecule has 1 heterocycles. The van der Waals surface area contributed by atoms with E-state index < -0.39 is 22.8 Å². The standard InChI is InChI=1S/C25H21ClF2N2O3/c1-12(2)14-7-5-6-13(3)23(14)30-19-10-15(16(26)11-18(19)29-24(31)25(30)32)21-20(33-4)9-8-17(27)22(21)28/h5-12H,1-4H3,(H,29,31). The van der Waals surface area contributed by atoms with Crippen LogP contribution in [0.25, 0.3) is 27.8 Å². The smallest absolute Gasteiger partial charge is 0.321 e. The van der Waals surface area contributed by atoms with Gasteiger partial charge in [0.25, 0.3) is 0 Å². The van der Waals surface area contributed by atoms with Crippen molar-refractivity contribution >= 4 is 22.6 Å². The molecule has 4 rings (SSSR count). The van der Waals surface area contributed by atoms with Crippen LogP contribution in [0.5, 0.6) is 5.75 Å². The number of ether oxygens (including phenoxy) is 1. The molecule has 33 heavy (non-hydrogen) atoms. The normalized spacial score (nSPS) is 11.4. The second-order valence-electron chi connectivity index (χ2n) is 8.05. The first-order valence-electron chi connectivity index (χ1n) is 10.3. The molecule has 170 valence electrons. The summed E-state index contributed by atoms with van der Waals surface area (Å²) in [7, 11) is 1.33. The third-order valence-corrected chi connectivity index (χ3v) is 5.94. The van der Waals surface area contributed by atoms with Crippen LogP contribution in [0.3, 0.4) is 0 Å². The fourth-order valence-electron chi connectivity index (χ4n) is 4.05. The molecule has 8 heteroatoms. The summed E-state index contributed by atoms with van der Waals surface area (Å²) in [6, 6.07) is 10.7. The molecular weight excluding hydrogens is 450 g/mol. The van der Waals surface area contributed by atoms with Gasteiger partial charge in [0, 0.05) is 5.56 Å². The van der Waals surface area contributed by atoms with Crippen molar-refractivity contribution in [2.45, 2.75) is 26.7 Å². The lowest BCUT2D eigenvalue weighted by Gasteiger charge is -2.20. The van der Waals surface area contributed by atoms with Gasteiger partial charge in [-0.05, 0) is 48.2 Å². The second-order valence-corrected chi connectivity index (χ2v) is 8.46. The molecule has 3 aromatic carbocycles. The Morgan fingerprint density at radius 2 is 1.82 bits per heavy atom. The minimum atomic E-state index is -1.13. The Kier molecular flexibility index (Phi) is 5.84. The maximum absolute atomic E-state index is 14.9. The molecule has 1 N–H and O–H groups in total. The van der Waals surface area contributed by atoms with Gasteiger partial charge in [0.1, 0.15) is 5.75 Å². The van der Waals surface area contributed by atoms with Gasteiger partial charge in [-0.25, -0.2) is 8.78 Å². The molecule has 0 aliphatic rings. The molecule has 0 aliphatic heterocycles. The SMILES string of the molecule is COc1ccc(F)c(F)c1-c1cc2c(cc1Cl)[nH]c(=O)c(=O)n2-c1c(C)cccc1C(C)C. The van der Waals surface area contributed by atoms with Gasteiger partial charge in [0.05, 0.1) is 34.4 Å². The summed E-state index contributed by atoms with van der Waals surface area (Å²) in [6.07, 6.45) is 0. The van der Waals surface area contributed by atoms with Crippen molar-refractivity contribution in [3.8, 4) is 22.6 Å². The summed E-state index contributed by atoms with van der Waals surface area (Å²) in [5.74, 6) is -2.07. The monoisotopic (exact) mass is 470 g/mol. The third-order valence-electron chi connectivity index (χ3n) is 5.63. The molecular formula is C25H21ClF2N2O3. The lowest BCUT2D eigenvalue weighted by atomic mass is 9.97. The van der Waals surface area contributed by atoms with Crippen molar-refractivity contribution in [3.05, 3.63) is 91.0 Å². The van der Waals surface area contributed by atoms with E-state index in [0.717, 1.165) is 17.2 Å². The zero-order chi connectivity index (χ0) is 24.0. The number of benzene rings is 3. The van der Waals surface area contributed by atoms with E-state index in [1.165, 1.54) is 29.9 Å². The number of aromatic nitrogens is 2. The Bertz CT molecular complexity index is 1520. The number of para-hydroxylation sites is 1. The summed E-state index contributed by atoms with van der Waals surface area (Å²) < 4.78 is 35.5. The van der Waals surface area contributed by atoms with Gasteiger partial charge >= 0.3 is 11.1 Å². The molecule has 0 fully saturated rings. The zero-order valence-corrected chi connectivity index (χ0v) is 19.2. The first-order chi connectivity index (χ1) is 15.6. The van der Waals surface area contributed by atoms with Crippen LogP contribution >= 0.6 is 11.6 Å². The number of H-pyrrole nitrogens is 1. The van der Waals surface area contributed by atoms with Crippen molar-refractivity contribution in [1.29, 1.82) is 0 Å². The largest absolute Gasteiger partial charge is 0.496 e. The number of nitrogens with one attached hydrogen (secondary N) is 1. The Morgan fingerprint density at radius 3 is 2.48 bits per heavy atom. The molecule has 5 nitrogen and oxygen atoms in total. The topological polar surface area (TPSA) is 64.1 Å². The van der Waals surface area contributed by atoms with Crippen LogP contribution in [0.1, 0.15) is 30.9 Å². The van der Waals surface area contributed by atoms with Crippen LogP contribution in [-0.2, 0) is 0 Å². The van der Waals surface area contributed by atoms with E-state index in [9.17, 15) is 18.4 Å². The van der Waals surface area contributed by atoms with Crippen LogP contribution in [0.4, 0.5) is 8.78 Å². The first kappa shape index (κ1) is 22.7. The predicted molar refractivity (Wildman–Crippen MR) is 126 cm³/mol.